The molecule has 0 aliphatic carbocycles. The molecule has 1 atom stereocenters. The van der Waals surface area contributed by atoms with Crippen LogP contribution in [-0.2, 0) is 16.6 Å². The number of rotatable bonds is 2. The summed E-state index contributed by atoms with van der Waals surface area (Å²) in [5, 5.41) is 3.00. The highest BCUT2D eigenvalue weighted by Gasteiger charge is 2.54. The second-order valence-corrected chi connectivity index (χ2v) is 6.56. The molecular weight excluding hydrogens is 320 g/mol. The topological polar surface area (TPSA) is 82.8 Å². The first kappa shape index (κ1) is 14.6. The standard InChI is InChI=1S/C19H18N2O4/c20-4-3-11-1-2-14-12(7-11)19(18(22)21-14)10-25-15-9-17-16(8-13(15)19)23-5-6-24-17/h1-2,7-9H,3-6,10,20H2,(H,21,22). The number of nitrogens with one attached hydrogen (secondary N) is 1. The lowest BCUT2D eigenvalue weighted by atomic mass is 9.76. The molecular formula is C19H18N2O4. The predicted molar refractivity (Wildman–Crippen MR) is 91.5 cm³/mol. The van der Waals surface area contributed by atoms with Crippen LogP contribution in [-0.4, -0.2) is 32.3 Å². The summed E-state index contributed by atoms with van der Waals surface area (Å²) in [4.78, 5) is 13.0. The van der Waals surface area contributed by atoms with E-state index in [4.69, 9.17) is 19.9 Å². The zero-order valence-corrected chi connectivity index (χ0v) is 13.6. The Kier molecular flexibility index (Phi) is 3.00. The molecule has 2 aromatic rings. The molecule has 3 heterocycles. The van der Waals surface area contributed by atoms with Gasteiger partial charge < -0.3 is 25.3 Å². The van der Waals surface area contributed by atoms with Gasteiger partial charge in [-0.05, 0) is 36.2 Å². The van der Waals surface area contributed by atoms with Crippen LogP contribution in [0, 0.1) is 0 Å². The van der Waals surface area contributed by atoms with Crippen molar-refractivity contribution >= 4 is 11.6 Å². The number of hydrogen-bond donors (Lipinski definition) is 2. The molecule has 0 saturated heterocycles. The van der Waals surface area contributed by atoms with Gasteiger partial charge >= 0.3 is 0 Å². The zero-order valence-electron chi connectivity index (χ0n) is 13.6. The van der Waals surface area contributed by atoms with Crippen LogP contribution in [0.4, 0.5) is 5.69 Å². The van der Waals surface area contributed by atoms with Crippen LogP contribution < -0.4 is 25.3 Å². The minimum atomic E-state index is -0.842. The Morgan fingerprint density at radius 3 is 2.60 bits per heavy atom. The van der Waals surface area contributed by atoms with Crippen molar-refractivity contribution in [2.75, 3.05) is 31.7 Å². The number of carbonyl (C=O) groups is 1. The van der Waals surface area contributed by atoms with Gasteiger partial charge in [-0.15, -0.1) is 0 Å². The predicted octanol–water partition coefficient (Wildman–Crippen LogP) is 1.59. The summed E-state index contributed by atoms with van der Waals surface area (Å²) in [6.07, 6.45) is 0.770. The van der Waals surface area contributed by atoms with Gasteiger partial charge in [-0.25, -0.2) is 0 Å². The Bertz CT molecular complexity index is 895. The van der Waals surface area contributed by atoms with E-state index in [9.17, 15) is 4.79 Å². The Hall–Kier alpha value is -2.73. The van der Waals surface area contributed by atoms with E-state index in [-0.39, 0.29) is 12.5 Å². The minimum absolute atomic E-state index is 0.0668. The van der Waals surface area contributed by atoms with Crippen molar-refractivity contribution in [2.45, 2.75) is 11.8 Å². The Balaban J connectivity index is 1.70. The summed E-state index contributed by atoms with van der Waals surface area (Å²) in [5.41, 5.74) is 8.57. The molecule has 6 nitrogen and oxygen atoms in total. The summed E-state index contributed by atoms with van der Waals surface area (Å²) in [7, 11) is 0. The molecule has 6 heteroatoms. The van der Waals surface area contributed by atoms with Gasteiger partial charge in [-0.2, -0.15) is 0 Å². The number of nitrogens with two attached hydrogens (primary N) is 1. The van der Waals surface area contributed by atoms with Crippen molar-refractivity contribution in [1.82, 2.24) is 0 Å². The van der Waals surface area contributed by atoms with Crippen molar-refractivity contribution in [3.8, 4) is 17.2 Å². The van der Waals surface area contributed by atoms with Crippen molar-refractivity contribution < 1.29 is 19.0 Å². The van der Waals surface area contributed by atoms with Crippen molar-refractivity contribution in [1.29, 1.82) is 0 Å². The molecule has 25 heavy (non-hydrogen) atoms. The Morgan fingerprint density at radius 1 is 1.00 bits per heavy atom. The van der Waals surface area contributed by atoms with E-state index in [0.29, 0.717) is 37.0 Å². The van der Waals surface area contributed by atoms with Gasteiger partial charge in [-0.3, -0.25) is 4.79 Å². The summed E-state index contributed by atoms with van der Waals surface area (Å²) >= 11 is 0. The van der Waals surface area contributed by atoms with Crippen LogP contribution in [0.15, 0.2) is 30.3 Å². The first-order valence-electron chi connectivity index (χ1n) is 8.44. The first-order chi connectivity index (χ1) is 12.2. The van der Waals surface area contributed by atoms with Gasteiger partial charge in [-0.1, -0.05) is 12.1 Å². The third-order valence-corrected chi connectivity index (χ3v) is 5.16. The Morgan fingerprint density at radius 2 is 1.80 bits per heavy atom. The zero-order chi connectivity index (χ0) is 17.0. The average molecular weight is 338 g/mol. The van der Waals surface area contributed by atoms with Gasteiger partial charge in [0.25, 0.3) is 0 Å². The third kappa shape index (κ3) is 1.91. The molecule has 0 aromatic heterocycles. The molecule has 1 unspecified atom stereocenters. The van der Waals surface area contributed by atoms with Crippen LogP contribution in [0.1, 0.15) is 16.7 Å². The lowest BCUT2D eigenvalue weighted by Gasteiger charge is -2.23. The molecule has 0 saturated carbocycles. The second-order valence-electron chi connectivity index (χ2n) is 6.56. The first-order valence-corrected chi connectivity index (χ1v) is 8.44. The molecule has 0 radical (unpaired) electrons. The van der Waals surface area contributed by atoms with Crippen LogP contribution in [0.5, 0.6) is 17.2 Å². The maximum absolute atomic E-state index is 13.0. The normalized spacial score (nSPS) is 22.4. The largest absolute Gasteiger partial charge is 0.491 e. The van der Waals surface area contributed by atoms with Crippen LogP contribution in [0.25, 0.3) is 0 Å². The SMILES string of the molecule is NCCc1ccc2c(c1)C1(COc3cc4c(cc31)OCCO4)C(=O)N2. The number of carbonyl (C=O) groups excluding carboxylic acids is 1. The van der Waals surface area contributed by atoms with Crippen molar-refractivity contribution in [3.63, 3.8) is 0 Å². The highest BCUT2D eigenvalue weighted by atomic mass is 16.6. The molecule has 3 aliphatic heterocycles. The second kappa shape index (κ2) is 5.13. The van der Waals surface area contributed by atoms with E-state index in [1.807, 2.05) is 24.3 Å². The summed E-state index contributed by atoms with van der Waals surface area (Å²) in [6, 6.07) is 9.73. The molecule has 5 rings (SSSR count). The highest BCUT2D eigenvalue weighted by molar-refractivity contribution is 6.10. The van der Waals surface area contributed by atoms with E-state index in [1.165, 1.54) is 0 Å². The maximum atomic E-state index is 13.0. The van der Waals surface area contributed by atoms with Crippen LogP contribution in [0.2, 0.25) is 0 Å². The molecule has 2 aromatic carbocycles. The maximum Gasteiger partial charge on any atom is 0.243 e. The van der Waals surface area contributed by atoms with Crippen molar-refractivity contribution in [2.24, 2.45) is 5.73 Å². The van der Waals surface area contributed by atoms with Gasteiger partial charge in [0.1, 0.15) is 31.0 Å². The molecule has 128 valence electrons. The van der Waals surface area contributed by atoms with E-state index >= 15 is 0 Å². The van der Waals surface area contributed by atoms with Gasteiger partial charge in [0.15, 0.2) is 11.5 Å². The van der Waals surface area contributed by atoms with Gasteiger partial charge in [0.05, 0.1) is 0 Å². The fourth-order valence-corrected chi connectivity index (χ4v) is 3.92. The molecule has 1 amide bonds. The van der Waals surface area contributed by atoms with E-state index < -0.39 is 5.41 Å². The van der Waals surface area contributed by atoms with Crippen LogP contribution >= 0.6 is 0 Å². The number of ether oxygens (including phenoxy) is 3. The number of anilines is 1. The third-order valence-electron chi connectivity index (χ3n) is 5.16. The van der Waals surface area contributed by atoms with E-state index in [0.717, 1.165) is 28.8 Å². The molecule has 0 fully saturated rings. The smallest absolute Gasteiger partial charge is 0.243 e. The summed E-state index contributed by atoms with van der Waals surface area (Å²) in [6.45, 7) is 1.86. The number of hydrogen-bond acceptors (Lipinski definition) is 5. The minimum Gasteiger partial charge on any atom is -0.491 e. The highest BCUT2D eigenvalue weighted by Crippen LogP contribution is 2.53. The quantitative estimate of drug-likeness (QED) is 0.869. The van der Waals surface area contributed by atoms with Gasteiger partial charge in [0, 0.05) is 17.3 Å². The number of benzene rings is 2. The van der Waals surface area contributed by atoms with Gasteiger partial charge in [0.2, 0.25) is 5.91 Å². The van der Waals surface area contributed by atoms with Crippen LogP contribution in [0.3, 0.4) is 0 Å². The summed E-state index contributed by atoms with van der Waals surface area (Å²) < 4.78 is 17.2. The molecule has 1 spiro atoms. The van der Waals surface area contributed by atoms with E-state index in [1.54, 1.807) is 0 Å². The average Bonchev–Trinajstić information content (AvgIpc) is 3.13. The lowest BCUT2D eigenvalue weighted by Crippen LogP contribution is -2.37. The Labute approximate surface area is 144 Å². The van der Waals surface area contributed by atoms with Crippen molar-refractivity contribution in [3.05, 3.63) is 47.0 Å². The monoisotopic (exact) mass is 338 g/mol. The summed E-state index contributed by atoms with van der Waals surface area (Å²) in [5.74, 6) is 1.94. The fourth-order valence-electron chi connectivity index (χ4n) is 3.92. The molecule has 3 aliphatic rings. The molecule has 0 bridgehead atoms. The number of amides is 1. The number of fused-ring (bicyclic) bond motifs is 5. The molecule has 3 N–H and O–H groups in total. The van der Waals surface area contributed by atoms with E-state index in [2.05, 4.69) is 11.4 Å². The fraction of sp³-hybridized carbons (Fsp3) is 0.316. The lowest BCUT2D eigenvalue weighted by molar-refractivity contribution is -0.119.